The summed E-state index contributed by atoms with van der Waals surface area (Å²) in [6.45, 7) is 7.68. The molecule has 296 valence electrons. The van der Waals surface area contributed by atoms with Crippen LogP contribution in [0.5, 0.6) is 0 Å². The van der Waals surface area contributed by atoms with Crippen LogP contribution < -0.4 is 11.5 Å². The van der Waals surface area contributed by atoms with Crippen LogP contribution in [-0.2, 0) is 46.0 Å². The van der Waals surface area contributed by atoms with Crippen LogP contribution in [0, 0.1) is 13.8 Å². The van der Waals surface area contributed by atoms with Crippen LogP contribution in [0.3, 0.4) is 0 Å². The quantitative estimate of drug-likeness (QED) is 0.0784. The van der Waals surface area contributed by atoms with E-state index >= 15 is 0 Å². The summed E-state index contributed by atoms with van der Waals surface area (Å²) in [6, 6.07) is 19.3. The molecule has 0 aliphatic heterocycles. The van der Waals surface area contributed by atoms with Crippen molar-refractivity contribution < 1.29 is 33.0 Å². The van der Waals surface area contributed by atoms with E-state index in [-0.39, 0.29) is 31.2 Å². The molecular formula is C43H59F3N4O4. The Morgan fingerprint density at radius 2 is 1.09 bits per heavy atom. The minimum Gasteiger partial charge on any atom is -0.394 e. The van der Waals surface area contributed by atoms with E-state index in [2.05, 4.69) is 32.0 Å². The predicted octanol–water partition coefficient (Wildman–Crippen LogP) is 7.38. The number of aliphatic hydroxyl groups is 2. The zero-order chi connectivity index (χ0) is 40.3. The predicted molar refractivity (Wildman–Crippen MR) is 209 cm³/mol. The number of Topliss-reactive ketones (excluding diaryl/α,β-unsaturated/α-hetero) is 2. The third-order valence-electron chi connectivity index (χ3n) is 9.92. The van der Waals surface area contributed by atoms with E-state index in [0.717, 1.165) is 48.5 Å². The summed E-state index contributed by atoms with van der Waals surface area (Å²) >= 11 is 0. The molecule has 0 aliphatic carbocycles. The minimum atomic E-state index is -4.36. The largest absolute Gasteiger partial charge is 0.416 e. The molecular weight excluding hydrogens is 693 g/mol. The Balaban J connectivity index is 0.000000291. The molecule has 0 saturated carbocycles. The zero-order valence-electron chi connectivity index (χ0n) is 32.7. The van der Waals surface area contributed by atoms with Crippen molar-refractivity contribution in [2.24, 2.45) is 25.6 Å². The van der Waals surface area contributed by atoms with Gasteiger partial charge in [-0.25, -0.2) is 0 Å². The fraction of sp³-hybridized carbons (Fsp3) is 0.488. The average molecular weight is 753 g/mol. The number of carbonyl (C=O) groups excluding carboxylic acids is 2. The lowest BCUT2D eigenvalue weighted by atomic mass is 9.97. The molecule has 8 nitrogen and oxygen atoms in total. The molecule has 0 aliphatic rings. The number of ketones is 2. The van der Waals surface area contributed by atoms with Crippen LogP contribution in [0.2, 0.25) is 0 Å². The molecule has 54 heavy (non-hydrogen) atoms. The number of carbonyl (C=O) groups is 2. The van der Waals surface area contributed by atoms with E-state index in [9.17, 15) is 33.0 Å². The normalized spacial score (nSPS) is 13.9. The van der Waals surface area contributed by atoms with Crippen LogP contribution in [0.15, 0.2) is 66.7 Å². The van der Waals surface area contributed by atoms with Crippen molar-refractivity contribution >= 4 is 11.6 Å². The highest BCUT2D eigenvalue weighted by molar-refractivity contribution is 5.95. The fourth-order valence-electron chi connectivity index (χ4n) is 6.43. The van der Waals surface area contributed by atoms with E-state index < -0.39 is 22.8 Å². The molecule has 0 spiro atoms. The van der Waals surface area contributed by atoms with Crippen LogP contribution in [0.1, 0.15) is 113 Å². The van der Waals surface area contributed by atoms with E-state index in [0.29, 0.717) is 49.8 Å². The number of nitrogens with zero attached hydrogens (tertiary/aromatic N) is 2. The molecule has 0 saturated heterocycles. The average Bonchev–Trinajstić information content (AvgIpc) is 3.67. The van der Waals surface area contributed by atoms with Gasteiger partial charge in [-0.05, 0) is 121 Å². The van der Waals surface area contributed by atoms with Crippen molar-refractivity contribution in [2.75, 3.05) is 13.2 Å². The van der Waals surface area contributed by atoms with Gasteiger partial charge < -0.3 is 30.8 Å². The Hall–Kier alpha value is -4.03. The van der Waals surface area contributed by atoms with E-state index in [1.54, 1.807) is 19.1 Å². The maximum Gasteiger partial charge on any atom is 0.416 e. The third kappa shape index (κ3) is 13.7. The molecule has 0 bridgehead atoms. The van der Waals surface area contributed by atoms with Gasteiger partial charge in [-0.1, -0.05) is 47.5 Å². The third-order valence-corrected chi connectivity index (χ3v) is 9.92. The number of hydrogen-bond donors (Lipinski definition) is 4. The van der Waals surface area contributed by atoms with E-state index in [1.807, 2.05) is 48.4 Å². The molecule has 0 radical (unpaired) electrons. The second-order valence-electron chi connectivity index (χ2n) is 15.4. The van der Waals surface area contributed by atoms with Crippen molar-refractivity contribution in [1.29, 1.82) is 0 Å². The summed E-state index contributed by atoms with van der Waals surface area (Å²) < 4.78 is 42.1. The molecule has 2 heterocycles. The summed E-state index contributed by atoms with van der Waals surface area (Å²) in [6.07, 6.45) is 1.78. The highest BCUT2D eigenvalue weighted by Gasteiger charge is 2.30. The number of benzene rings is 2. The van der Waals surface area contributed by atoms with Crippen molar-refractivity contribution in [3.05, 3.63) is 117 Å². The van der Waals surface area contributed by atoms with Gasteiger partial charge in [0.2, 0.25) is 0 Å². The van der Waals surface area contributed by atoms with Gasteiger partial charge in [-0.3, -0.25) is 9.59 Å². The smallest absolute Gasteiger partial charge is 0.394 e. The van der Waals surface area contributed by atoms with Crippen LogP contribution in [-0.4, -0.2) is 55.2 Å². The second kappa shape index (κ2) is 19.5. The van der Waals surface area contributed by atoms with Gasteiger partial charge in [-0.15, -0.1) is 0 Å². The highest BCUT2D eigenvalue weighted by Crippen LogP contribution is 2.30. The van der Waals surface area contributed by atoms with Gasteiger partial charge in [0.15, 0.2) is 11.6 Å². The summed E-state index contributed by atoms with van der Waals surface area (Å²) in [7, 11) is 3.74. The lowest BCUT2D eigenvalue weighted by molar-refractivity contribution is -0.137. The van der Waals surface area contributed by atoms with Gasteiger partial charge >= 0.3 is 6.18 Å². The first-order chi connectivity index (χ1) is 25.2. The molecule has 2 aromatic heterocycles. The number of hydrogen-bond acceptors (Lipinski definition) is 6. The van der Waals surface area contributed by atoms with Gasteiger partial charge in [-0.2, -0.15) is 13.2 Å². The van der Waals surface area contributed by atoms with Crippen molar-refractivity contribution in [1.82, 2.24) is 9.13 Å². The Morgan fingerprint density at radius 1 is 0.648 bits per heavy atom. The summed E-state index contributed by atoms with van der Waals surface area (Å²) in [5.74, 6) is 0.138. The number of aliphatic hydroxyl groups excluding tert-OH is 2. The number of aromatic nitrogens is 2. The van der Waals surface area contributed by atoms with Crippen molar-refractivity contribution in [2.45, 2.75) is 109 Å². The lowest BCUT2D eigenvalue weighted by Gasteiger charge is -2.21. The van der Waals surface area contributed by atoms with Gasteiger partial charge in [0, 0.05) is 49.4 Å². The Kier molecular flexibility index (Phi) is 16.0. The first kappa shape index (κ1) is 44.4. The van der Waals surface area contributed by atoms with Crippen molar-refractivity contribution in [3.8, 4) is 0 Å². The zero-order valence-corrected chi connectivity index (χ0v) is 32.7. The maximum atomic E-state index is 12.8. The number of halogens is 3. The lowest BCUT2D eigenvalue weighted by Crippen LogP contribution is -2.40. The van der Waals surface area contributed by atoms with Gasteiger partial charge in [0.1, 0.15) is 0 Å². The molecule has 0 amide bonds. The number of aryl methyl sites for hydroxylation is 6. The second-order valence-corrected chi connectivity index (χ2v) is 15.4. The van der Waals surface area contributed by atoms with Crippen LogP contribution >= 0.6 is 0 Å². The Morgan fingerprint density at radius 3 is 1.52 bits per heavy atom. The van der Waals surface area contributed by atoms with Crippen LogP contribution in [0.25, 0.3) is 0 Å². The molecule has 4 aromatic rings. The summed E-state index contributed by atoms with van der Waals surface area (Å²) in [5, 5.41) is 18.5. The molecule has 4 rings (SSSR count). The van der Waals surface area contributed by atoms with Gasteiger partial charge in [0.25, 0.3) is 0 Å². The summed E-state index contributed by atoms with van der Waals surface area (Å²) in [5.41, 5.74) is 17.8. The monoisotopic (exact) mass is 752 g/mol. The van der Waals surface area contributed by atoms with E-state index in [4.69, 9.17) is 11.5 Å². The molecule has 2 atom stereocenters. The molecule has 11 heteroatoms. The molecule has 6 N–H and O–H groups in total. The maximum absolute atomic E-state index is 12.8. The SMILES string of the molecule is Cc1cc(C)cc(CCCC(=O)c2ccc(CCC(C)(N)CO)n2C)c1.Cn1c(CCC(C)(N)CO)ccc1C(=O)CCCc1cccc(C(F)(F)F)c1. The highest BCUT2D eigenvalue weighted by atomic mass is 19.4. The van der Waals surface area contributed by atoms with E-state index in [1.165, 1.54) is 22.8 Å². The molecule has 2 unspecified atom stereocenters. The number of nitrogens with two attached hydrogens (primary N) is 2. The Bertz CT molecular complexity index is 1820. The first-order valence-electron chi connectivity index (χ1n) is 18.6. The minimum absolute atomic E-state index is 0.0400. The Labute approximate surface area is 318 Å². The number of rotatable bonds is 18. The molecule has 2 aromatic carbocycles. The summed E-state index contributed by atoms with van der Waals surface area (Å²) in [4.78, 5) is 25.1. The number of alkyl halides is 3. The first-order valence-corrected chi connectivity index (χ1v) is 18.6. The molecule has 0 fully saturated rings. The standard InChI is InChI=1S/C22H32N2O2.C21H27F3N2O2/c1-16-12-17(2)14-18(13-16)6-5-7-21(26)20-9-8-19(24(20)4)10-11-22(3,23)15-25;1-20(25,14-27)12-11-17-9-10-18(26(17)2)19(28)8-4-6-15-5-3-7-16(13-15)21(22,23)24/h8-9,12-14,25H,5-7,10-11,15,23H2,1-4H3;3,5,7,9-10,13,27H,4,6,8,11-12,14,25H2,1-2H3. The van der Waals surface area contributed by atoms with Crippen LogP contribution in [0.4, 0.5) is 13.2 Å². The fourth-order valence-corrected chi connectivity index (χ4v) is 6.43. The van der Waals surface area contributed by atoms with Gasteiger partial charge in [0.05, 0.1) is 30.2 Å². The van der Waals surface area contributed by atoms with Crippen molar-refractivity contribution in [3.63, 3.8) is 0 Å². The topological polar surface area (TPSA) is 136 Å².